The van der Waals surface area contributed by atoms with Crippen molar-refractivity contribution in [1.29, 1.82) is 0 Å². The van der Waals surface area contributed by atoms with Crippen molar-refractivity contribution < 1.29 is 10.2 Å². The number of aliphatic hydroxyl groups is 2. The predicted molar refractivity (Wildman–Crippen MR) is 47.4 cm³/mol. The topological polar surface area (TPSA) is 90.5 Å². The molecule has 0 aliphatic carbocycles. The van der Waals surface area contributed by atoms with Gasteiger partial charge in [-0.25, -0.2) is 0 Å². The van der Waals surface area contributed by atoms with Crippen LogP contribution in [0.2, 0.25) is 0 Å². The van der Waals surface area contributed by atoms with E-state index in [0.29, 0.717) is 19.6 Å². The Morgan fingerprint density at radius 2 is 1.92 bits per heavy atom. The zero-order valence-electron chi connectivity index (χ0n) is 7.51. The second kappa shape index (κ2) is 6.33. The first-order chi connectivity index (χ1) is 5.62. The molecule has 12 heavy (non-hydrogen) atoms. The van der Waals surface area contributed by atoms with E-state index >= 15 is 0 Å². The van der Waals surface area contributed by atoms with Gasteiger partial charge in [-0.05, 0) is 0 Å². The average Bonchev–Trinajstić information content (AvgIpc) is 2.04. The Morgan fingerprint density at radius 1 is 1.25 bits per heavy atom. The number of hydrogen-bond acceptors (Lipinski definition) is 5. The summed E-state index contributed by atoms with van der Waals surface area (Å²) in [6.45, 7) is 4.23. The maximum absolute atomic E-state index is 9.07. The molecule has 0 aliphatic rings. The van der Waals surface area contributed by atoms with Crippen molar-refractivity contribution in [2.75, 3.05) is 26.2 Å². The van der Waals surface area contributed by atoms with E-state index in [0.717, 1.165) is 6.54 Å². The molecule has 0 aromatic carbocycles. The molecule has 0 amide bonds. The van der Waals surface area contributed by atoms with E-state index in [1.54, 1.807) is 6.92 Å². The Morgan fingerprint density at radius 3 is 2.42 bits per heavy atom. The van der Waals surface area contributed by atoms with Crippen LogP contribution < -0.4 is 16.4 Å². The van der Waals surface area contributed by atoms with Crippen molar-refractivity contribution in [3.8, 4) is 0 Å². The van der Waals surface area contributed by atoms with Crippen LogP contribution in [0.15, 0.2) is 0 Å². The first-order valence-corrected chi connectivity index (χ1v) is 4.23. The summed E-state index contributed by atoms with van der Waals surface area (Å²) < 4.78 is 0. The molecule has 0 aromatic rings. The van der Waals surface area contributed by atoms with E-state index < -0.39 is 5.91 Å². The number of rotatable bonds is 7. The van der Waals surface area contributed by atoms with Crippen LogP contribution in [0.5, 0.6) is 0 Å². The normalized spacial score (nSPS) is 12.0. The molecule has 5 heteroatoms. The summed E-state index contributed by atoms with van der Waals surface area (Å²) in [5.41, 5.74) is 5.24. The fraction of sp³-hybridized carbons (Fsp3) is 1.00. The largest absolute Gasteiger partial charge is 0.353 e. The maximum Gasteiger partial charge on any atom is 0.222 e. The van der Waals surface area contributed by atoms with E-state index in [2.05, 4.69) is 10.6 Å². The molecule has 0 radical (unpaired) electrons. The van der Waals surface area contributed by atoms with Gasteiger partial charge in [-0.15, -0.1) is 0 Å². The lowest BCUT2D eigenvalue weighted by atomic mass is 10.3. The van der Waals surface area contributed by atoms with E-state index in [-0.39, 0.29) is 6.42 Å². The summed E-state index contributed by atoms with van der Waals surface area (Å²) in [5, 5.41) is 23.7. The molecule has 74 valence electrons. The Balaban J connectivity index is 3.19. The van der Waals surface area contributed by atoms with Gasteiger partial charge in [0.1, 0.15) is 0 Å². The molecule has 0 heterocycles. The monoisotopic (exact) mass is 177 g/mol. The van der Waals surface area contributed by atoms with Crippen molar-refractivity contribution in [2.24, 2.45) is 5.73 Å². The van der Waals surface area contributed by atoms with E-state index in [1.807, 2.05) is 0 Å². The Kier molecular flexibility index (Phi) is 6.23. The molecule has 0 saturated carbocycles. The van der Waals surface area contributed by atoms with E-state index in [9.17, 15) is 0 Å². The highest BCUT2D eigenvalue weighted by Crippen LogP contribution is 1.97. The molecule has 0 rings (SSSR count). The highest BCUT2D eigenvalue weighted by molar-refractivity contribution is 4.60. The third kappa shape index (κ3) is 6.51. The van der Waals surface area contributed by atoms with Crippen molar-refractivity contribution >= 4 is 0 Å². The fourth-order valence-electron chi connectivity index (χ4n) is 0.703. The minimum atomic E-state index is -1.73. The molecule has 0 aliphatic heterocycles. The molecule has 0 spiro atoms. The smallest absolute Gasteiger partial charge is 0.222 e. The van der Waals surface area contributed by atoms with Crippen molar-refractivity contribution in [3.63, 3.8) is 0 Å². The second-order valence-corrected chi connectivity index (χ2v) is 2.64. The van der Waals surface area contributed by atoms with E-state index in [1.165, 1.54) is 0 Å². The predicted octanol–water partition coefficient (Wildman–Crippen LogP) is -1.83. The van der Waals surface area contributed by atoms with Crippen molar-refractivity contribution in [3.05, 3.63) is 0 Å². The van der Waals surface area contributed by atoms with Gasteiger partial charge in [-0.3, -0.25) is 5.32 Å². The molecule has 0 atom stereocenters. The van der Waals surface area contributed by atoms with Crippen molar-refractivity contribution in [1.82, 2.24) is 10.6 Å². The van der Waals surface area contributed by atoms with Gasteiger partial charge in [0, 0.05) is 32.6 Å². The summed E-state index contributed by atoms with van der Waals surface area (Å²) >= 11 is 0. The van der Waals surface area contributed by atoms with Gasteiger partial charge in [0.2, 0.25) is 5.91 Å². The van der Waals surface area contributed by atoms with Crippen molar-refractivity contribution in [2.45, 2.75) is 19.3 Å². The number of hydrogen-bond donors (Lipinski definition) is 5. The fourth-order valence-corrected chi connectivity index (χ4v) is 0.703. The molecular formula is C7H19N3O2. The van der Waals surface area contributed by atoms with Crippen LogP contribution in [0.3, 0.4) is 0 Å². The highest BCUT2D eigenvalue weighted by Gasteiger charge is 2.17. The number of nitrogens with one attached hydrogen (secondary N) is 2. The van der Waals surface area contributed by atoms with Crippen LogP contribution in [-0.4, -0.2) is 42.3 Å². The van der Waals surface area contributed by atoms with Gasteiger partial charge in [0.25, 0.3) is 0 Å². The van der Waals surface area contributed by atoms with Crippen LogP contribution in [0.1, 0.15) is 13.3 Å². The molecule has 5 nitrogen and oxygen atoms in total. The van der Waals surface area contributed by atoms with Gasteiger partial charge < -0.3 is 21.3 Å². The summed E-state index contributed by atoms with van der Waals surface area (Å²) in [6.07, 6.45) is 0.268. The lowest BCUT2D eigenvalue weighted by molar-refractivity contribution is -0.186. The number of nitrogens with two attached hydrogens (primary N) is 1. The third-order valence-electron chi connectivity index (χ3n) is 1.52. The summed E-state index contributed by atoms with van der Waals surface area (Å²) in [6, 6.07) is 0. The standard InChI is InChI=1S/C7H19N3O2/c1-2-7(11,12)10-6-5-9-4-3-8/h9-12H,2-6,8H2,1H3. The second-order valence-electron chi connectivity index (χ2n) is 2.64. The Labute approximate surface area is 73.0 Å². The summed E-state index contributed by atoms with van der Waals surface area (Å²) in [5.74, 6) is -1.73. The van der Waals surface area contributed by atoms with E-state index in [4.69, 9.17) is 15.9 Å². The Hall–Kier alpha value is -0.200. The lowest BCUT2D eigenvalue weighted by Crippen LogP contribution is -2.47. The quantitative estimate of drug-likeness (QED) is 0.233. The molecular weight excluding hydrogens is 158 g/mol. The van der Waals surface area contributed by atoms with Crippen LogP contribution in [0.25, 0.3) is 0 Å². The van der Waals surface area contributed by atoms with Gasteiger partial charge in [0.05, 0.1) is 0 Å². The SMILES string of the molecule is CCC(O)(O)NCCNCCN. The molecule has 0 fully saturated rings. The van der Waals surface area contributed by atoms with Crippen LogP contribution >= 0.6 is 0 Å². The zero-order chi connectivity index (χ0) is 9.45. The van der Waals surface area contributed by atoms with Gasteiger partial charge in [-0.1, -0.05) is 6.92 Å². The molecule has 0 aromatic heterocycles. The molecule has 0 unspecified atom stereocenters. The molecule has 0 saturated heterocycles. The first kappa shape index (κ1) is 11.8. The summed E-state index contributed by atoms with van der Waals surface area (Å²) in [7, 11) is 0. The first-order valence-electron chi connectivity index (χ1n) is 4.23. The molecule has 6 N–H and O–H groups in total. The average molecular weight is 177 g/mol. The summed E-state index contributed by atoms with van der Waals surface area (Å²) in [4.78, 5) is 0. The van der Waals surface area contributed by atoms with Gasteiger partial charge >= 0.3 is 0 Å². The maximum atomic E-state index is 9.07. The highest BCUT2D eigenvalue weighted by atomic mass is 16.5. The minimum absolute atomic E-state index is 0.268. The lowest BCUT2D eigenvalue weighted by Gasteiger charge is -2.21. The molecule has 0 bridgehead atoms. The zero-order valence-corrected chi connectivity index (χ0v) is 7.51. The minimum Gasteiger partial charge on any atom is -0.353 e. The van der Waals surface area contributed by atoms with Crippen LogP contribution in [0.4, 0.5) is 0 Å². The van der Waals surface area contributed by atoms with Crippen LogP contribution in [0, 0.1) is 0 Å². The van der Waals surface area contributed by atoms with Gasteiger partial charge in [-0.2, -0.15) is 0 Å². The third-order valence-corrected chi connectivity index (χ3v) is 1.52. The Bertz CT molecular complexity index is 109. The van der Waals surface area contributed by atoms with Gasteiger partial charge in [0.15, 0.2) is 0 Å². The van der Waals surface area contributed by atoms with Crippen LogP contribution in [-0.2, 0) is 0 Å².